The molecule has 0 aliphatic rings. The zero-order valence-corrected chi connectivity index (χ0v) is 11.2. The average Bonchev–Trinajstić information content (AvgIpc) is 2.57. The lowest BCUT2D eigenvalue weighted by Gasteiger charge is -2.27. The van der Waals surface area contributed by atoms with E-state index >= 15 is 0 Å². The van der Waals surface area contributed by atoms with Gasteiger partial charge in [-0.25, -0.2) is 4.98 Å². The predicted octanol–water partition coefficient (Wildman–Crippen LogP) is 2.23. The van der Waals surface area contributed by atoms with Gasteiger partial charge in [0.2, 0.25) is 0 Å². The molecule has 0 aromatic carbocycles. The smallest absolute Gasteiger partial charge is 0.109 e. The molecule has 1 rings (SSSR count). The Morgan fingerprint density at radius 2 is 2.12 bits per heavy atom. The molecule has 0 spiro atoms. The molecule has 0 bridgehead atoms. The molecule has 1 aromatic heterocycles. The molecule has 3 heteroatoms. The number of nitrogens with zero attached hydrogens (tertiary/aromatic N) is 2. The van der Waals surface area contributed by atoms with Crippen LogP contribution < -0.4 is 5.32 Å². The standard InChI is InChI=1S/C13H25N3/c1-11(13(2,3)4)10-14-7-6-12-15-8-9-16(12)5/h8-9,11,14H,6-7,10H2,1-5H3. The summed E-state index contributed by atoms with van der Waals surface area (Å²) in [4.78, 5) is 4.30. The quantitative estimate of drug-likeness (QED) is 0.776. The number of aromatic nitrogens is 2. The second-order valence-corrected chi connectivity index (χ2v) is 5.68. The third kappa shape index (κ3) is 3.97. The molecule has 0 saturated heterocycles. The molecule has 0 aliphatic heterocycles. The van der Waals surface area contributed by atoms with Crippen LogP contribution in [0.25, 0.3) is 0 Å². The lowest BCUT2D eigenvalue weighted by atomic mass is 9.82. The number of hydrogen-bond donors (Lipinski definition) is 1. The van der Waals surface area contributed by atoms with Gasteiger partial charge in [0.15, 0.2) is 0 Å². The molecule has 16 heavy (non-hydrogen) atoms. The predicted molar refractivity (Wildman–Crippen MR) is 68.4 cm³/mol. The second-order valence-electron chi connectivity index (χ2n) is 5.68. The van der Waals surface area contributed by atoms with E-state index in [2.05, 4.69) is 42.6 Å². The highest BCUT2D eigenvalue weighted by molar-refractivity contribution is 4.91. The first-order valence-electron chi connectivity index (χ1n) is 6.08. The van der Waals surface area contributed by atoms with Crippen molar-refractivity contribution in [3.05, 3.63) is 18.2 Å². The van der Waals surface area contributed by atoms with E-state index in [1.165, 1.54) is 0 Å². The van der Waals surface area contributed by atoms with Crippen LogP contribution in [0.4, 0.5) is 0 Å². The second kappa shape index (κ2) is 5.48. The fourth-order valence-electron chi connectivity index (χ4n) is 1.46. The Hall–Kier alpha value is -0.830. The minimum atomic E-state index is 0.385. The molecular weight excluding hydrogens is 198 g/mol. The highest BCUT2D eigenvalue weighted by Gasteiger charge is 2.18. The number of hydrogen-bond acceptors (Lipinski definition) is 2. The summed E-state index contributed by atoms with van der Waals surface area (Å²) in [5.41, 5.74) is 0.385. The van der Waals surface area contributed by atoms with E-state index in [0.29, 0.717) is 11.3 Å². The summed E-state index contributed by atoms with van der Waals surface area (Å²) in [6.07, 6.45) is 4.85. The van der Waals surface area contributed by atoms with Gasteiger partial charge in [-0.2, -0.15) is 0 Å². The molecule has 0 aliphatic carbocycles. The first kappa shape index (κ1) is 13.2. The van der Waals surface area contributed by atoms with E-state index in [1.807, 2.05) is 19.4 Å². The monoisotopic (exact) mass is 223 g/mol. The number of nitrogens with one attached hydrogen (secondary N) is 1. The van der Waals surface area contributed by atoms with Gasteiger partial charge in [-0.3, -0.25) is 0 Å². The van der Waals surface area contributed by atoms with Crippen molar-refractivity contribution < 1.29 is 0 Å². The summed E-state index contributed by atoms with van der Waals surface area (Å²) < 4.78 is 2.08. The Balaban J connectivity index is 2.20. The van der Waals surface area contributed by atoms with Gasteiger partial charge in [-0.05, 0) is 17.9 Å². The van der Waals surface area contributed by atoms with Crippen molar-refractivity contribution in [2.24, 2.45) is 18.4 Å². The van der Waals surface area contributed by atoms with Crippen molar-refractivity contribution in [1.82, 2.24) is 14.9 Å². The van der Waals surface area contributed by atoms with Crippen LogP contribution in [0.5, 0.6) is 0 Å². The van der Waals surface area contributed by atoms with E-state index in [-0.39, 0.29) is 0 Å². The minimum absolute atomic E-state index is 0.385. The van der Waals surface area contributed by atoms with Crippen LogP contribution in [0.2, 0.25) is 0 Å². The van der Waals surface area contributed by atoms with Gasteiger partial charge < -0.3 is 9.88 Å². The fourth-order valence-corrected chi connectivity index (χ4v) is 1.46. The van der Waals surface area contributed by atoms with Crippen LogP contribution in [0.1, 0.15) is 33.5 Å². The van der Waals surface area contributed by atoms with Crippen LogP contribution in [0.3, 0.4) is 0 Å². The van der Waals surface area contributed by atoms with Gasteiger partial charge >= 0.3 is 0 Å². The molecule has 1 atom stereocenters. The van der Waals surface area contributed by atoms with Gasteiger partial charge in [0.05, 0.1) is 0 Å². The lowest BCUT2D eigenvalue weighted by Crippen LogP contribution is -2.31. The molecule has 1 unspecified atom stereocenters. The Morgan fingerprint density at radius 3 is 2.62 bits per heavy atom. The molecule has 0 fully saturated rings. The summed E-state index contributed by atoms with van der Waals surface area (Å²) >= 11 is 0. The zero-order valence-electron chi connectivity index (χ0n) is 11.2. The van der Waals surface area contributed by atoms with E-state index in [9.17, 15) is 0 Å². The van der Waals surface area contributed by atoms with Crippen LogP contribution >= 0.6 is 0 Å². The molecule has 1 N–H and O–H groups in total. The number of aryl methyl sites for hydroxylation is 1. The van der Waals surface area contributed by atoms with Crippen LogP contribution in [0, 0.1) is 11.3 Å². The van der Waals surface area contributed by atoms with Crippen molar-refractivity contribution >= 4 is 0 Å². The molecular formula is C13H25N3. The van der Waals surface area contributed by atoms with E-state index in [1.54, 1.807) is 0 Å². The Kier molecular flexibility index (Phi) is 4.54. The molecule has 92 valence electrons. The SMILES string of the molecule is CC(CNCCc1nccn1C)C(C)(C)C. The highest BCUT2D eigenvalue weighted by atomic mass is 15.0. The Bertz CT molecular complexity index is 309. The Labute approximate surface area is 99.3 Å². The maximum atomic E-state index is 4.30. The number of rotatable bonds is 5. The van der Waals surface area contributed by atoms with Crippen molar-refractivity contribution in [1.29, 1.82) is 0 Å². The van der Waals surface area contributed by atoms with Crippen molar-refractivity contribution in [3.63, 3.8) is 0 Å². The van der Waals surface area contributed by atoms with Crippen LogP contribution in [-0.2, 0) is 13.5 Å². The summed E-state index contributed by atoms with van der Waals surface area (Å²) in [6, 6.07) is 0. The first-order chi connectivity index (χ1) is 7.41. The molecule has 1 heterocycles. The maximum Gasteiger partial charge on any atom is 0.109 e. The van der Waals surface area contributed by atoms with Gasteiger partial charge in [-0.1, -0.05) is 27.7 Å². The summed E-state index contributed by atoms with van der Waals surface area (Å²) in [6.45, 7) is 11.3. The van der Waals surface area contributed by atoms with Gasteiger partial charge in [0.25, 0.3) is 0 Å². The largest absolute Gasteiger partial charge is 0.338 e. The normalized spacial score (nSPS) is 14.1. The minimum Gasteiger partial charge on any atom is -0.338 e. The van der Waals surface area contributed by atoms with Crippen LogP contribution in [-0.4, -0.2) is 22.6 Å². The Morgan fingerprint density at radius 1 is 1.44 bits per heavy atom. The summed E-state index contributed by atoms with van der Waals surface area (Å²) in [5.74, 6) is 1.84. The molecule has 0 saturated carbocycles. The molecule has 1 aromatic rings. The first-order valence-corrected chi connectivity index (χ1v) is 6.08. The van der Waals surface area contributed by atoms with Gasteiger partial charge in [0.1, 0.15) is 5.82 Å². The van der Waals surface area contributed by atoms with Crippen molar-refractivity contribution in [2.75, 3.05) is 13.1 Å². The maximum absolute atomic E-state index is 4.30. The van der Waals surface area contributed by atoms with E-state index in [4.69, 9.17) is 0 Å². The number of imidazole rings is 1. The van der Waals surface area contributed by atoms with Crippen molar-refractivity contribution in [2.45, 2.75) is 34.1 Å². The summed E-state index contributed by atoms with van der Waals surface area (Å²) in [5, 5.41) is 3.50. The topological polar surface area (TPSA) is 29.9 Å². The highest BCUT2D eigenvalue weighted by Crippen LogP contribution is 2.24. The zero-order chi connectivity index (χ0) is 12.2. The van der Waals surface area contributed by atoms with Gasteiger partial charge in [0, 0.05) is 32.4 Å². The van der Waals surface area contributed by atoms with Gasteiger partial charge in [-0.15, -0.1) is 0 Å². The van der Waals surface area contributed by atoms with E-state index in [0.717, 1.165) is 25.3 Å². The fraction of sp³-hybridized carbons (Fsp3) is 0.769. The molecule has 3 nitrogen and oxygen atoms in total. The average molecular weight is 223 g/mol. The lowest BCUT2D eigenvalue weighted by molar-refractivity contribution is 0.253. The third-order valence-corrected chi connectivity index (χ3v) is 3.38. The van der Waals surface area contributed by atoms with Crippen molar-refractivity contribution in [3.8, 4) is 0 Å². The van der Waals surface area contributed by atoms with Crippen LogP contribution in [0.15, 0.2) is 12.4 Å². The van der Waals surface area contributed by atoms with E-state index < -0.39 is 0 Å². The molecule has 0 radical (unpaired) electrons. The summed E-state index contributed by atoms with van der Waals surface area (Å²) in [7, 11) is 2.04. The third-order valence-electron chi connectivity index (χ3n) is 3.38. The molecule has 0 amide bonds.